The van der Waals surface area contributed by atoms with Gasteiger partial charge in [-0.3, -0.25) is 9.88 Å². The van der Waals surface area contributed by atoms with Gasteiger partial charge in [-0.15, -0.1) is 0 Å². The van der Waals surface area contributed by atoms with Gasteiger partial charge in [0, 0.05) is 24.2 Å². The summed E-state index contributed by atoms with van der Waals surface area (Å²) < 4.78 is 0. The van der Waals surface area contributed by atoms with Gasteiger partial charge in [0.25, 0.3) is 0 Å². The largest absolute Gasteiger partial charge is 0.387 e. The van der Waals surface area contributed by atoms with Crippen LogP contribution in [-0.2, 0) is 0 Å². The smallest absolute Gasteiger partial charge is 0.0952 e. The summed E-state index contributed by atoms with van der Waals surface area (Å²) in [6.45, 7) is 4.60. The van der Waals surface area contributed by atoms with Gasteiger partial charge < -0.3 is 5.11 Å². The predicted molar refractivity (Wildman–Crippen MR) is 88.6 cm³/mol. The molecule has 1 aromatic heterocycles. The van der Waals surface area contributed by atoms with Gasteiger partial charge in [-0.05, 0) is 48.9 Å². The molecular formula is C19H24N2O. The highest BCUT2D eigenvalue weighted by Crippen LogP contribution is 2.42. The third kappa shape index (κ3) is 2.24. The van der Waals surface area contributed by atoms with Crippen LogP contribution in [0.2, 0.25) is 0 Å². The number of nitrogens with zero attached hydrogens (tertiary/aromatic N) is 2. The number of aliphatic hydroxyl groups excluding tert-OH is 1. The fourth-order valence-corrected chi connectivity index (χ4v) is 4.55. The monoisotopic (exact) mass is 296 g/mol. The Bertz CT molecular complexity index is 666. The number of para-hydroxylation sites is 1. The van der Waals surface area contributed by atoms with Crippen LogP contribution in [0, 0.1) is 11.8 Å². The zero-order chi connectivity index (χ0) is 15.1. The summed E-state index contributed by atoms with van der Waals surface area (Å²) in [5, 5.41) is 12.1. The average Bonchev–Trinajstić information content (AvgIpc) is 2.60. The van der Waals surface area contributed by atoms with Crippen LogP contribution in [0.5, 0.6) is 0 Å². The summed E-state index contributed by atoms with van der Waals surface area (Å²) in [6, 6.07) is 10.4. The van der Waals surface area contributed by atoms with Crippen LogP contribution in [0.4, 0.5) is 0 Å². The summed E-state index contributed by atoms with van der Waals surface area (Å²) in [4.78, 5) is 6.94. The first kappa shape index (κ1) is 14.2. The minimum absolute atomic E-state index is 0.271. The maximum absolute atomic E-state index is 11.1. The Kier molecular flexibility index (Phi) is 3.63. The summed E-state index contributed by atoms with van der Waals surface area (Å²) in [6.07, 6.45) is 5.12. The number of hydrogen-bond donors (Lipinski definition) is 1. The molecule has 3 fully saturated rings. The molecule has 0 aliphatic carbocycles. The highest BCUT2D eigenvalue weighted by molar-refractivity contribution is 5.82. The Morgan fingerprint density at radius 3 is 2.95 bits per heavy atom. The summed E-state index contributed by atoms with van der Waals surface area (Å²) in [5.74, 6) is 1.62. The number of aromatic nitrogens is 1. The second-order valence-electron chi connectivity index (χ2n) is 6.88. The van der Waals surface area contributed by atoms with Gasteiger partial charge in [-0.2, -0.15) is 0 Å². The quantitative estimate of drug-likeness (QED) is 0.943. The summed E-state index contributed by atoms with van der Waals surface area (Å²) in [5.41, 5.74) is 2.01. The van der Waals surface area contributed by atoms with Crippen LogP contribution in [0.15, 0.2) is 36.5 Å². The molecular weight excluding hydrogens is 272 g/mol. The highest BCUT2D eigenvalue weighted by atomic mass is 16.3. The molecule has 1 aromatic carbocycles. The van der Waals surface area contributed by atoms with E-state index in [-0.39, 0.29) is 6.04 Å². The third-order valence-electron chi connectivity index (χ3n) is 5.83. The van der Waals surface area contributed by atoms with E-state index in [2.05, 4.69) is 22.9 Å². The minimum Gasteiger partial charge on any atom is -0.387 e. The molecule has 4 heterocycles. The van der Waals surface area contributed by atoms with Crippen LogP contribution in [0.1, 0.15) is 37.9 Å². The molecule has 3 aliphatic heterocycles. The molecule has 0 unspecified atom stereocenters. The lowest BCUT2D eigenvalue weighted by atomic mass is 9.72. The van der Waals surface area contributed by atoms with Gasteiger partial charge in [0.1, 0.15) is 0 Å². The van der Waals surface area contributed by atoms with Gasteiger partial charge in [-0.1, -0.05) is 31.5 Å². The van der Waals surface area contributed by atoms with Gasteiger partial charge >= 0.3 is 0 Å². The summed E-state index contributed by atoms with van der Waals surface area (Å²) >= 11 is 0. The molecule has 3 saturated heterocycles. The number of benzene rings is 1. The normalized spacial score (nSPS) is 32.3. The topological polar surface area (TPSA) is 36.4 Å². The molecule has 116 valence electrons. The molecule has 1 N–H and O–H groups in total. The number of piperidine rings is 3. The molecule has 3 nitrogen and oxygen atoms in total. The first-order chi connectivity index (χ1) is 10.8. The Morgan fingerprint density at radius 1 is 1.32 bits per heavy atom. The van der Waals surface area contributed by atoms with Crippen LogP contribution in [-0.4, -0.2) is 34.1 Å². The molecule has 0 radical (unpaired) electrons. The van der Waals surface area contributed by atoms with E-state index in [4.69, 9.17) is 0 Å². The van der Waals surface area contributed by atoms with E-state index in [1.807, 2.05) is 30.5 Å². The second kappa shape index (κ2) is 5.64. The van der Waals surface area contributed by atoms with Gasteiger partial charge in [0.15, 0.2) is 0 Å². The Labute approximate surface area is 132 Å². The Hall–Kier alpha value is -1.45. The first-order valence-electron chi connectivity index (χ1n) is 8.53. The number of aliphatic hydroxyl groups is 1. The molecule has 0 saturated carbocycles. The molecule has 2 aromatic rings. The predicted octanol–water partition coefficient (Wildman–Crippen LogP) is 3.39. The lowest BCUT2D eigenvalue weighted by Gasteiger charge is -2.51. The molecule has 5 atom stereocenters. The van der Waals surface area contributed by atoms with Gasteiger partial charge in [-0.25, -0.2) is 0 Å². The van der Waals surface area contributed by atoms with E-state index in [1.54, 1.807) is 0 Å². The van der Waals surface area contributed by atoms with E-state index >= 15 is 0 Å². The van der Waals surface area contributed by atoms with Gasteiger partial charge in [0.05, 0.1) is 11.6 Å². The number of fused-ring (bicyclic) bond motifs is 4. The van der Waals surface area contributed by atoms with Crippen molar-refractivity contribution in [2.75, 3.05) is 13.1 Å². The zero-order valence-electron chi connectivity index (χ0n) is 13.2. The fourth-order valence-electron chi connectivity index (χ4n) is 4.55. The first-order valence-corrected chi connectivity index (χ1v) is 8.53. The van der Waals surface area contributed by atoms with Crippen molar-refractivity contribution in [1.29, 1.82) is 0 Å². The minimum atomic E-state index is -0.409. The molecule has 3 heteroatoms. The van der Waals surface area contributed by atoms with Crippen molar-refractivity contribution in [2.24, 2.45) is 11.8 Å². The van der Waals surface area contributed by atoms with Crippen molar-refractivity contribution >= 4 is 10.9 Å². The van der Waals surface area contributed by atoms with Crippen LogP contribution >= 0.6 is 0 Å². The van der Waals surface area contributed by atoms with E-state index in [0.717, 1.165) is 47.8 Å². The number of hydrogen-bond acceptors (Lipinski definition) is 3. The molecule has 22 heavy (non-hydrogen) atoms. The number of rotatable bonds is 3. The van der Waals surface area contributed by atoms with E-state index in [9.17, 15) is 5.11 Å². The second-order valence-corrected chi connectivity index (χ2v) is 6.88. The Balaban J connectivity index is 1.66. The average molecular weight is 296 g/mol. The van der Waals surface area contributed by atoms with Crippen LogP contribution < -0.4 is 0 Å². The van der Waals surface area contributed by atoms with Crippen LogP contribution in [0.3, 0.4) is 0 Å². The van der Waals surface area contributed by atoms with Crippen LogP contribution in [0.25, 0.3) is 10.9 Å². The molecule has 2 bridgehead atoms. The van der Waals surface area contributed by atoms with E-state index in [1.165, 1.54) is 12.8 Å². The van der Waals surface area contributed by atoms with Crippen molar-refractivity contribution in [3.8, 4) is 0 Å². The van der Waals surface area contributed by atoms with E-state index < -0.39 is 6.10 Å². The molecule has 0 spiro atoms. The van der Waals surface area contributed by atoms with Gasteiger partial charge in [0.2, 0.25) is 0 Å². The fraction of sp³-hybridized carbons (Fsp3) is 0.526. The summed E-state index contributed by atoms with van der Waals surface area (Å²) in [7, 11) is 0. The van der Waals surface area contributed by atoms with Crippen molar-refractivity contribution < 1.29 is 5.11 Å². The number of pyridine rings is 1. The highest BCUT2D eigenvalue weighted by Gasteiger charge is 2.42. The van der Waals surface area contributed by atoms with Crippen molar-refractivity contribution in [3.63, 3.8) is 0 Å². The molecule has 3 aliphatic rings. The molecule has 5 rings (SSSR count). The third-order valence-corrected chi connectivity index (χ3v) is 5.83. The van der Waals surface area contributed by atoms with Crippen molar-refractivity contribution in [1.82, 2.24) is 9.88 Å². The van der Waals surface area contributed by atoms with E-state index in [0.29, 0.717) is 0 Å². The maximum Gasteiger partial charge on any atom is 0.0952 e. The molecule has 0 amide bonds. The zero-order valence-corrected chi connectivity index (χ0v) is 13.2. The lowest BCUT2D eigenvalue weighted by Crippen LogP contribution is -2.55. The SMILES string of the molecule is CC[C@H]1C[N@]2CC[C@H]1C[C@H]2[C@H](O)c1ccnc2ccccc12. The maximum atomic E-state index is 11.1. The van der Waals surface area contributed by atoms with Crippen molar-refractivity contribution in [3.05, 3.63) is 42.1 Å². The standard InChI is InChI=1S/C19H24N2O/c1-2-13-12-21-10-8-14(13)11-18(21)19(22)16-7-9-20-17-6-4-3-5-15(16)17/h3-7,9,13-14,18-19,22H,2,8,10-12H2,1H3/t13-,14-,18-,19+/m0/s1. The van der Waals surface area contributed by atoms with Crippen molar-refractivity contribution in [2.45, 2.75) is 38.3 Å². The lowest BCUT2D eigenvalue weighted by molar-refractivity contribution is -0.0562. The Morgan fingerprint density at radius 2 is 2.18 bits per heavy atom.